The van der Waals surface area contributed by atoms with Gasteiger partial charge in [-0.25, -0.2) is 4.99 Å². The molecule has 2 nitrogen and oxygen atoms in total. The highest BCUT2D eigenvalue weighted by molar-refractivity contribution is 6.74. The Morgan fingerprint density at radius 2 is 2.09 bits per heavy atom. The van der Waals surface area contributed by atoms with E-state index in [9.17, 15) is 0 Å². The van der Waals surface area contributed by atoms with Crippen LogP contribution in [0.15, 0.2) is 16.6 Å². The minimum absolute atomic E-state index is 0.169. The molecule has 11 heavy (non-hydrogen) atoms. The van der Waals surface area contributed by atoms with E-state index in [4.69, 9.17) is 40.2 Å². The van der Waals surface area contributed by atoms with Crippen LogP contribution in [0.25, 0.3) is 0 Å². The van der Waals surface area contributed by atoms with Gasteiger partial charge in [0.25, 0.3) is 0 Å². The van der Waals surface area contributed by atoms with Crippen molar-refractivity contribution in [1.29, 1.82) is 5.41 Å². The van der Waals surface area contributed by atoms with Gasteiger partial charge in [-0.05, 0) is 18.5 Å². The first-order valence-electron chi connectivity index (χ1n) is 2.81. The number of amidine groups is 1. The molecular weight excluding hydrogens is 206 g/mol. The topological polar surface area (TPSA) is 36.2 Å². The zero-order valence-electron chi connectivity index (χ0n) is 5.87. The second kappa shape index (κ2) is 5.58. The van der Waals surface area contributed by atoms with Gasteiger partial charge in [-0.1, -0.05) is 17.7 Å². The van der Waals surface area contributed by atoms with Crippen LogP contribution in [0.4, 0.5) is 0 Å². The predicted octanol–water partition coefficient (Wildman–Crippen LogP) is 2.98. The van der Waals surface area contributed by atoms with Crippen LogP contribution in [-0.4, -0.2) is 16.3 Å². The van der Waals surface area contributed by atoms with Gasteiger partial charge in [0.1, 0.15) is 5.17 Å². The molecule has 0 aliphatic rings. The molecule has 5 heteroatoms. The Morgan fingerprint density at radius 3 is 2.36 bits per heavy atom. The van der Waals surface area contributed by atoms with Crippen LogP contribution in [0.2, 0.25) is 0 Å². The number of aliphatic imine (C=N–C) groups is 1. The first-order valence-corrected chi connectivity index (χ1v) is 4.10. The monoisotopic (exact) mass is 212 g/mol. The first kappa shape index (κ1) is 11.0. The van der Waals surface area contributed by atoms with E-state index in [1.54, 1.807) is 13.0 Å². The zero-order valence-corrected chi connectivity index (χ0v) is 8.13. The molecule has 1 N–H and O–H groups in total. The molecule has 0 fully saturated rings. The Bertz CT molecular complexity index is 208. The minimum atomic E-state index is -0.348. The number of hydrogen-bond donors (Lipinski definition) is 1. The standard InChI is InChI=1S/C6H7Cl3N2/c1-2-4(3-7)5(8)11-6(9)10/h2,10H,3H2,1H3/b4-2-,10-6?,11-5?. The van der Waals surface area contributed by atoms with E-state index < -0.39 is 0 Å². The molecule has 0 spiro atoms. The molecule has 0 aliphatic carbocycles. The number of allylic oxidation sites excluding steroid dienone is 2. The molecule has 0 aromatic heterocycles. The number of nitrogens with zero attached hydrogens (tertiary/aromatic N) is 1. The average Bonchev–Trinajstić information content (AvgIpc) is 1.88. The molecule has 0 heterocycles. The third kappa shape index (κ3) is 4.40. The summed E-state index contributed by atoms with van der Waals surface area (Å²) in [6, 6.07) is 0. The molecule has 62 valence electrons. The van der Waals surface area contributed by atoms with Crippen LogP contribution in [0.5, 0.6) is 0 Å². The van der Waals surface area contributed by atoms with E-state index in [-0.39, 0.29) is 16.3 Å². The average molecular weight is 213 g/mol. The smallest absolute Gasteiger partial charge is 0.216 e. The fourth-order valence-electron chi connectivity index (χ4n) is 0.409. The Balaban J connectivity index is 4.45. The van der Waals surface area contributed by atoms with E-state index in [0.29, 0.717) is 5.57 Å². The third-order valence-electron chi connectivity index (χ3n) is 0.954. The van der Waals surface area contributed by atoms with Crippen molar-refractivity contribution in [3.8, 4) is 0 Å². The van der Waals surface area contributed by atoms with Crippen molar-refractivity contribution in [1.82, 2.24) is 0 Å². The summed E-state index contributed by atoms with van der Waals surface area (Å²) in [5, 5.41) is 6.61. The summed E-state index contributed by atoms with van der Waals surface area (Å²) in [5.41, 5.74) is 0.665. The van der Waals surface area contributed by atoms with Gasteiger partial charge in [-0.2, -0.15) is 0 Å². The van der Waals surface area contributed by atoms with Crippen molar-refractivity contribution in [2.75, 3.05) is 5.88 Å². The molecule has 0 aliphatic heterocycles. The molecule has 0 rings (SSSR count). The van der Waals surface area contributed by atoms with Crippen molar-refractivity contribution < 1.29 is 0 Å². The Morgan fingerprint density at radius 1 is 1.55 bits per heavy atom. The molecule has 0 saturated carbocycles. The van der Waals surface area contributed by atoms with Crippen molar-refractivity contribution in [2.24, 2.45) is 4.99 Å². The number of rotatable bonds is 2. The van der Waals surface area contributed by atoms with Crippen molar-refractivity contribution >= 4 is 45.3 Å². The van der Waals surface area contributed by atoms with E-state index in [1.165, 1.54) is 0 Å². The maximum atomic E-state index is 6.79. The quantitative estimate of drug-likeness (QED) is 0.317. The molecule has 0 amide bonds. The van der Waals surface area contributed by atoms with Gasteiger partial charge in [0.2, 0.25) is 5.29 Å². The van der Waals surface area contributed by atoms with E-state index in [1.807, 2.05) is 0 Å². The highest BCUT2D eigenvalue weighted by Crippen LogP contribution is 2.06. The van der Waals surface area contributed by atoms with E-state index in [0.717, 1.165) is 0 Å². The van der Waals surface area contributed by atoms with Crippen LogP contribution in [0, 0.1) is 5.41 Å². The molecule has 0 aromatic rings. The SMILES string of the molecule is C/C=C(/CCl)C(Cl)=NC(=N)Cl. The molecule has 0 saturated heterocycles. The van der Waals surface area contributed by atoms with Crippen molar-refractivity contribution in [3.05, 3.63) is 11.6 Å². The molecule has 0 radical (unpaired) electrons. The second-order valence-electron chi connectivity index (χ2n) is 1.64. The summed E-state index contributed by atoms with van der Waals surface area (Å²) in [5.74, 6) is 0.267. The largest absolute Gasteiger partial charge is 0.272 e. The van der Waals surface area contributed by atoms with Gasteiger partial charge in [-0.15, -0.1) is 11.6 Å². The predicted molar refractivity (Wildman–Crippen MR) is 51.3 cm³/mol. The third-order valence-corrected chi connectivity index (χ3v) is 1.65. The molecule has 0 bridgehead atoms. The number of alkyl halides is 1. The molecule has 0 atom stereocenters. The van der Waals surface area contributed by atoms with Gasteiger partial charge in [0.05, 0.1) is 5.88 Å². The summed E-state index contributed by atoms with van der Waals surface area (Å²) in [4.78, 5) is 3.50. The number of halogens is 3. The summed E-state index contributed by atoms with van der Waals surface area (Å²) < 4.78 is 0. The Labute approximate surface area is 80.4 Å². The van der Waals surface area contributed by atoms with E-state index in [2.05, 4.69) is 4.99 Å². The maximum absolute atomic E-state index is 6.79. The summed E-state index contributed by atoms with van der Waals surface area (Å²) in [6.45, 7) is 1.79. The zero-order chi connectivity index (χ0) is 8.85. The van der Waals surface area contributed by atoms with Crippen LogP contribution >= 0.6 is 34.8 Å². The van der Waals surface area contributed by atoms with Crippen LogP contribution in [0.1, 0.15) is 6.92 Å². The van der Waals surface area contributed by atoms with Crippen LogP contribution in [-0.2, 0) is 0 Å². The minimum Gasteiger partial charge on any atom is -0.272 e. The number of hydrogen-bond acceptors (Lipinski definition) is 1. The Kier molecular flexibility index (Phi) is 5.56. The normalized spacial score (nSPS) is 13.5. The molecule has 0 aromatic carbocycles. The lowest BCUT2D eigenvalue weighted by Crippen LogP contribution is -1.97. The van der Waals surface area contributed by atoms with Gasteiger partial charge < -0.3 is 0 Å². The lowest BCUT2D eigenvalue weighted by Gasteiger charge is -1.96. The van der Waals surface area contributed by atoms with Gasteiger partial charge in [0.15, 0.2) is 0 Å². The summed E-state index contributed by atoms with van der Waals surface area (Å²) >= 11 is 16.3. The number of nitrogens with one attached hydrogen (secondary N) is 1. The lowest BCUT2D eigenvalue weighted by atomic mass is 10.3. The highest BCUT2D eigenvalue weighted by atomic mass is 35.5. The van der Waals surface area contributed by atoms with Gasteiger partial charge in [-0.3, -0.25) is 5.41 Å². The molecule has 0 unspecified atom stereocenters. The van der Waals surface area contributed by atoms with Crippen LogP contribution in [0.3, 0.4) is 0 Å². The van der Waals surface area contributed by atoms with Crippen molar-refractivity contribution in [3.63, 3.8) is 0 Å². The Hall–Kier alpha value is -0.0500. The highest BCUT2D eigenvalue weighted by Gasteiger charge is 2.01. The molecular formula is C6H7Cl3N2. The van der Waals surface area contributed by atoms with Crippen LogP contribution < -0.4 is 0 Å². The summed E-state index contributed by atoms with van der Waals surface area (Å²) in [7, 11) is 0. The first-order chi connectivity index (χ1) is 5.11. The van der Waals surface area contributed by atoms with Gasteiger partial charge >= 0.3 is 0 Å². The lowest BCUT2D eigenvalue weighted by molar-refractivity contribution is 1.48. The maximum Gasteiger partial charge on any atom is 0.216 e. The van der Waals surface area contributed by atoms with E-state index >= 15 is 0 Å². The fourth-order valence-corrected chi connectivity index (χ4v) is 1.15. The summed E-state index contributed by atoms with van der Waals surface area (Å²) in [6.07, 6.45) is 1.72. The fraction of sp³-hybridized carbons (Fsp3) is 0.333. The second-order valence-corrected chi connectivity index (χ2v) is 2.62. The van der Waals surface area contributed by atoms with Gasteiger partial charge in [0, 0.05) is 5.57 Å². The van der Waals surface area contributed by atoms with Crippen molar-refractivity contribution in [2.45, 2.75) is 6.92 Å².